The maximum atomic E-state index is 5.40. The summed E-state index contributed by atoms with van der Waals surface area (Å²) in [4.78, 5) is 4.27. The monoisotopic (exact) mass is 251 g/mol. The minimum Gasteiger partial charge on any atom is -0.494 e. The summed E-state index contributed by atoms with van der Waals surface area (Å²) in [5, 5.41) is 1.11. The zero-order chi connectivity index (χ0) is 9.97. The van der Waals surface area contributed by atoms with Gasteiger partial charge in [0.1, 0.15) is 5.75 Å². The van der Waals surface area contributed by atoms with E-state index in [4.69, 9.17) is 4.74 Å². The van der Waals surface area contributed by atoms with Gasteiger partial charge in [-0.2, -0.15) is 0 Å². The molecule has 1 aromatic heterocycles. The number of hydrogen-bond donors (Lipinski definition) is 0. The lowest BCUT2D eigenvalue weighted by Gasteiger charge is -2.04. The first-order valence-corrected chi connectivity index (χ1v) is 5.27. The highest BCUT2D eigenvalue weighted by atomic mass is 79.9. The van der Waals surface area contributed by atoms with Crippen LogP contribution >= 0.6 is 15.9 Å². The van der Waals surface area contributed by atoms with Crippen molar-refractivity contribution >= 4 is 26.8 Å². The highest BCUT2D eigenvalue weighted by molar-refractivity contribution is 9.10. The molecule has 0 fully saturated rings. The van der Waals surface area contributed by atoms with E-state index in [0.29, 0.717) is 6.61 Å². The fourth-order valence-electron chi connectivity index (χ4n) is 1.35. The quantitative estimate of drug-likeness (QED) is 0.817. The van der Waals surface area contributed by atoms with Gasteiger partial charge in [-0.15, -0.1) is 0 Å². The molecule has 0 aliphatic heterocycles. The van der Waals surface area contributed by atoms with Crippen molar-refractivity contribution in [3.05, 3.63) is 34.9 Å². The third-order valence-corrected chi connectivity index (χ3v) is 2.66. The number of benzene rings is 1. The second-order valence-electron chi connectivity index (χ2n) is 2.90. The van der Waals surface area contributed by atoms with E-state index in [9.17, 15) is 0 Å². The summed E-state index contributed by atoms with van der Waals surface area (Å²) in [7, 11) is 0. The third kappa shape index (κ3) is 1.73. The van der Waals surface area contributed by atoms with E-state index >= 15 is 0 Å². The summed E-state index contributed by atoms with van der Waals surface area (Å²) >= 11 is 3.48. The normalized spacial score (nSPS) is 10.4. The molecule has 0 atom stereocenters. The maximum Gasteiger partial charge on any atom is 0.121 e. The van der Waals surface area contributed by atoms with Crippen LogP contribution in [0.5, 0.6) is 5.75 Å². The van der Waals surface area contributed by atoms with Crippen molar-refractivity contribution in [1.29, 1.82) is 0 Å². The minimum atomic E-state index is 0.680. The Hall–Kier alpha value is -1.09. The van der Waals surface area contributed by atoms with Crippen molar-refractivity contribution in [3.8, 4) is 5.75 Å². The molecule has 1 aromatic carbocycles. The van der Waals surface area contributed by atoms with Crippen LogP contribution in [0.1, 0.15) is 6.92 Å². The molecule has 0 bridgehead atoms. The van der Waals surface area contributed by atoms with Crippen LogP contribution in [-0.2, 0) is 0 Å². The summed E-state index contributed by atoms with van der Waals surface area (Å²) in [5.74, 6) is 0.866. The number of nitrogens with zero attached hydrogens (tertiary/aromatic N) is 1. The molecule has 1 heterocycles. The molecule has 2 aromatic rings. The first-order valence-electron chi connectivity index (χ1n) is 4.48. The number of fused-ring (bicyclic) bond motifs is 1. The van der Waals surface area contributed by atoms with Gasteiger partial charge in [0.05, 0.1) is 12.1 Å². The lowest BCUT2D eigenvalue weighted by atomic mass is 10.2. The first kappa shape index (κ1) is 9.46. The molecule has 0 amide bonds. The Bertz CT molecular complexity index is 456. The zero-order valence-corrected chi connectivity index (χ0v) is 9.41. The van der Waals surface area contributed by atoms with Gasteiger partial charge in [-0.3, -0.25) is 4.98 Å². The van der Waals surface area contributed by atoms with E-state index in [1.54, 1.807) is 6.20 Å². The summed E-state index contributed by atoms with van der Waals surface area (Å²) in [6.07, 6.45) is 1.78. The Balaban J connectivity index is 2.56. The Morgan fingerprint density at radius 2 is 2.21 bits per heavy atom. The van der Waals surface area contributed by atoms with Gasteiger partial charge in [0.2, 0.25) is 0 Å². The van der Waals surface area contributed by atoms with Crippen molar-refractivity contribution in [3.63, 3.8) is 0 Å². The molecule has 2 rings (SSSR count). The third-order valence-electron chi connectivity index (χ3n) is 1.97. The van der Waals surface area contributed by atoms with E-state index in [1.807, 2.05) is 31.2 Å². The summed E-state index contributed by atoms with van der Waals surface area (Å²) in [6.45, 7) is 2.65. The highest BCUT2D eigenvalue weighted by Crippen LogP contribution is 2.25. The van der Waals surface area contributed by atoms with Crippen LogP contribution in [0.3, 0.4) is 0 Å². The van der Waals surface area contributed by atoms with Crippen molar-refractivity contribution in [2.75, 3.05) is 6.61 Å². The van der Waals surface area contributed by atoms with E-state index in [0.717, 1.165) is 21.1 Å². The van der Waals surface area contributed by atoms with E-state index in [2.05, 4.69) is 20.9 Å². The van der Waals surface area contributed by atoms with Crippen LogP contribution in [0, 0.1) is 0 Å². The van der Waals surface area contributed by atoms with Gasteiger partial charge < -0.3 is 4.74 Å². The smallest absolute Gasteiger partial charge is 0.121 e. The van der Waals surface area contributed by atoms with Gasteiger partial charge in [0.25, 0.3) is 0 Å². The van der Waals surface area contributed by atoms with Crippen LogP contribution in [-0.4, -0.2) is 11.6 Å². The van der Waals surface area contributed by atoms with Crippen LogP contribution in [0.25, 0.3) is 10.9 Å². The number of rotatable bonds is 2. The molecule has 14 heavy (non-hydrogen) atoms. The highest BCUT2D eigenvalue weighted by Gasteiger charge is 2.00. The van der Waals surface area contributed by atoms with Crippen molar-refractivity contribution < 1.29 is 4.74 Å². The summed E-state index contributed by atoms with van der Waals surface area (Å²) in [5.41, 5.74) is 0.949. The van der Waals surface area contributed by atoms with Gasteiger partial charge in [-0.1, -0.05) is 15.9 Å². The fraction of sp³-hybridized carbons (Fsp3) is 0.182. The molecule has 2 nitrogen and oxygen atoms in total. The molecule has 0 aliphatic carbocycles. The first-order chi connectivity index (χ1) is 6.81. The lowest BCUT2D eigenvalue weighted by Crippen LogP contribution is -1.91. The number of ether oxygens (including phenoxy) is 1. The van der Waals surface area contributed by atoms with Crippen molar-refractivity contribution in [2.45, 2.75) is 6.92 Å². The maximum absolute atomic E-state index is 5.40. The largest absolute Gasteiger partial charge is 0.494 e. The predicted octanol–water partition coefficient (Wildman–Crippen LogP) is 3.40. The van der Waals surface area contributed by atoms with Crippen LogP contribution < -0.4 is 4.74 Å². The SMILES string of the molecule is CCOc1ccc2c(Br)ccnc2c1. The number of pyridine rings is 1. The fourth-order valence-corrected chi connectivity index (χ4v) is 1.80. The summed E-state index contributed by atoms with van der Waals surface area (Å²) < 4.78 is 6.46. The van der Waals surface area contributed by atoms with Crippen LogP contribution in [0.15, 0.2) is 34.9 Å². The Morgan fingerprint density at radius 3 is 3.00 bits per heavy atom. The van der Waals surface area contributed by atoms with Gasteiger partial charge in [-0.25, -0.2) is 0 Å². The molecule has 72 valence electrons. The second kappa shape index (κ2) is 3.96. The minimum absolute atomic E-state index is 0.680. The molecule has 0 N–H and O–H groups in total. The standard InChI is InChI=1S/C11H10BrNO/c1-2-14-8-3-4-9-10(12)5-6-13-11(9)7-8/h3-7H,2H2,1H3. The van der Waals surface area contributed by atoms with Crippen LogP contribution in [0.2, 0.25) is 0 Å². The Morgan fingerprint density at radius 1 is 1.36 bits per heavy atom. The summed E-state index contributed by atoms with van der Waals surface area (Å²) in [6, 6.07) is 7.85. The number of aromatic nitrogens is 1. The average molecular weight is 252 g/mol. The number of halogens is 1. The molecular weight excluding hydrogens is 242 g/mol. The van der Waals surface area contributed by atoms with E-state index < -0.39 is 0 Å². The van der Waals surface area contributed by atoms with Gasteiger partial charge in [0, 0.05) is 22.1 Å². The molecule has 0 saturated heterocycles. The molecule has 0 aliphatic rings. The van der Waals surface area contributed by atoms with E-state index in [-0.39, 0.29) is 0 Å². The van der Waals surface area contributed by atoms with Gasteiger partial charge >= 0.3 is 0 Å². The molecule has 3 heteroatoms. The Labute approximate surface area is 91.0 Å². The topological polar surface area (TPSA) is 22.1 Å². The molecule has 0 saturated carbocycles. The lowest BCUT2D eigenvalue weighted by molar-refractivity contribution is 0.340. The molecule has 0 unspecified atom stereocenters. The van der Waals surface area contributed by atoms with Crippen molar-refractivity contribution in [1.82, 2.24) is 4.98 Å². The van der Waals surface area contributed by atoms with Gasteiger partial charge in [-0.05, 0) is 25.1 Å². The van der Waals surface area contributed by atoms with Crippen LogP contribution in [0.4, 0.5) is 0 Å². The average Bonchev–Trinajstić information content (AvgIpc) is 2.18. The zero-order valence-electron chi connectivity index (χ0n) is 7.83. The number of hydrogen-bond acceptors (Lipinski definition) is 2. The van der Waals surface area contributed by atoms with Crippen molar-refractivity contribution in [2.24, 2.45) is 0 Å². The molecule has 0 spiro atoms. The molecular formula is C11H10BrNO. The Kier molecular flexibility index (Phi) is 2.68. The predicted molar refractivity (Wildman–Crippen MR) is 60.6 cm³/mol. The van der Waals surface area contributed by atoms with E-state index in [1.165, 1.54) is 0 Å². The molecule has 0 radical (unpaired) electrons. The van der Waals surface area contributed by atoms with Gasteiger partial charge in [0.15, 0.2) is 0 Å². The second-order valence-corrected chi connectivity index (χ2v) is 3.76.